The molecule has 2 aromatic rings. The Labute approximate surface area is 181 Å². The minimum atomic E-state index is 0.0819. The molecule has 1 atom stereocenters. The van der Waals surface area contributed by atoms with Crippen LogP contribution in [0, 0.1) is 0 Å². The van der Waals surface area contributed by atoms with Crippen LogP contribution in [0.3, 0.4) is 0 Å². The van der Waals surface area contributed by atoms with Gasteiger partial charge in [-0.2, -0.15) is 0 Å². The summed E-state index contributed by atoms with van der Waals surface area (Å²) < 4.78 is 6.19. The van der Waals surface area contributed by atoms with Gasteiger partial charge in [0.1, 0.15) is 11.9 Å². The second kappa shape index (κ2) is 9.82. The van der Waals surface area contributed by atoms with E-state index in [4.69, 9.17) is 16.3 Å². The summed E-state index contributed by atoms with van der Waals surface area (Å²) in [6.45, 7) is 11.2. The van der Waals surface area contributed by atoms with Crippen LogP contribution >= 0.6 is 11.6 Å². The largest absolute Gasteiger partial charge is 0.490 e. The lowest BCUT2D eigenvalue weighted by atomic mass is 9.78. The van der Waals surface area contributed by atoms with Crippen LogP contribution in [0.2, 0.25) is 5.02 Å². The van der Waals surface area contributed by atoms with Gasteiger partial charge in [0.15, 0.2) is 0 Å². The molecule has 0 aliphatic carbocycles. The number of para-hydroxylation sites is 1. The van der Waals surface area contributed by atoms with E-state index in [0.29, 0.717) is 12.1 Å². The number of rotatable bonds is 7. The molecule has 0 saturated carbocycles. The standard InChI is InChI=1S/C26H34ClNO/c1-20(2)18-23(19-26(3,4)21-10-12-22(27)13-11-21)28-16-14-25(15-17-28)29-24-8-6-5-7-9-24/h5-13,18,23,25H,14-17,19H2,1-4H3. The van der Waals surface area contributed by atoms with E-state index < -0.39 is 0 Å². The van der Waals surface area contributed by atoms with E-state index in [9.17, 15) is 0 Å². The molecule has 1 saturated heterocycles. The van der Waals surface area contributed by atoms with Crippen molar-refractivity contribution in [3.8, 4) is 5.75 Å². The zero-order chi connectivity index (χ0) is 20.9. The summed E-state index contributed by atoms with van der Waals surface area (Å²) >= 11 is 6.10. The topological polar surface area (TPSA) is 12.5 Å². The number of allylic oxidation sites excluding steroid dienone is 1. The highest BCUT2D eigenvalue weighted by Gasteiger charge is 2.30. The molecule has 0 bridgehead atoms. The van der Waals surface area contributed by atoms with Crippen LogP contribution in [0.1, 0.15) is 52.5 Å². The summed E-state index contributed by atoms with van der Waals surface area (Å²) in [6, 6.07) is 19.0. The Kier molecular flexibility index (Phi) is 7.43. The highest BCUT2D eigenvalue weighted by atomic mass is 35.5. The quantitative estimate of drug-likeness (QED) is 0.460. The van der Waals surface area contributed by atoms with Gasteiger partial charge in [-0.15, -0.1) is 0 Å². The third kappa shape index (κ3) is 6.35. The molecule has 1 heterocycles. The van der Waals surface area contributed by atoms with Gasteiger partial charge < -0.3 is 4.74 Å². The third-order valence-electron chi connectivity index (χ3n) is 5.86. The third-order valence-corrected chi connectivity index (χ3v) is 6.11. The normalized spacial score (nSPS) is 17.0. The molecule has 3 heteroatoms. The van der Waals surface area contributed by atoms with Gasteiger partial charge in [-0.25, -0.2) is 0 Å². The van der Waals surface area contributed by atoms with Gasteiger partial charge >= 0.3 is 0 Å². The molecule has 156 valence electrons. The molecular weight excluding hydrogens is 378 g/mol. The molecular formula is C26H34ClNO. The molecule has 0 N–H and O–H groups in total. The van der Waals surface area contributed by atoms with E-state index in [1.54, 1.807) is 0 Å². The maximum Gasteiger partial charge on any atom is 0.119 e. The Bertz CT molecular complexity index is 785. The number of likely N-dealkylation sites (tertiary alicyclic amines) is 1. The smallest absolute Gasteiger partial charge is 0.119 e. The first-order valence-electron chi connectivity index (χ1n) is 10.7. The number of ether oxygens (including phenoxy) is 1. The summed E-state index contributed by atoms with van der Waals surface area (Å²) in [5.41, 5.74) is 2.81. The molecule has 0 radical (unpaired) electrons. The minimum absolute atomic E-state index is 0.0819. The molecule has 2 nitrogen and oxygen atoms in total. The number of benzene rings is 2. The molecule has 1 aliphatic rings. The van der Waals surface area contributed by atoms with Crippen molar-refractivity contribution in [3.63, 3.8) is 0 Å². The van der Waals surface area contributed by atoms with Crippen LogP contribution in [-0.2, 0) is 5.41 Å². The predicted molar refractivity (Wildman–Crippen MR) is 124 cm³/mol. The van der Waals surface area contributed by atoms with E-state index >= 15 is 0 Å². The lowest BCUT2D eigenvalue weighted by Crippen LogP contribution is -2.45. The Hall–Kier alpha value is -1.77. The molecule has 0 aromatic heterocycles. The number of nitrogens with zero attached hydrogens (tertiary/aromatic N) is 1. The lowest BCUT2D eigenvalue weighted by Gasteiger charge is -2.40. The number of hydrogen-bond donors (Lipinski definition) is 0. The molecule has 1 aliphatic heterocycles. The van der Waals surface area contributed by atoms with Gasteiger partial charge in [0, 0.05) is 24.2 Å². The molecule has 2 aromatic carbocycles. The van der Waals surface area contributed by atoms with Crippen molar-refractivity contribution in [1.29, 1.82) is 0 Å². The second-order valence-electron chi connectivity index (χ2n) is 9.07. The van der Waals surface area contributed by atoms with Crippen molar-refractivity contribution in [1.82, 2.24) is 4.90 Å². The molecule has 1 unspecified atom stereocenters. The van der Waals surface area contributed by atoms with E-state index in [2.05, 4.69) is 50.8 Å². The minimum Gasteiger partial charge on any atom is -0.490 e. The highest BCUT2D eigenvalue weighted by Crippen LogP contribution is 2.33. The van der Waals surface area contributed by atoms with Crippen LogP contribution in [0.5, 0.6) is 5.75 Å². The Morgan fingerprint density at radius 3 is 2.28 bits per heavy atom. The number of hydrogen-bond acceptors (Lipinski definition) is 2. The van der Waals surface area contributed by atoms with Gasteiger partial charge in [-0.05, 0) is 68.4 Å². The van der Waals surface area contributed by atoms with Gasteiger partial charge in [-0.3, -0.25) is 4.90 Å². The first kappa shape index (κ1) is 21.9. The van der Waals surface area contributed by atoms with Crippen LogP contribution in [-0.4, -0.2) is 30.1 Å². The highest BCUT2D eigenvalue weighted by molar-refractivity contribution is 6.30. The lowest BCUT2D eigenvalue weighted by molar-refractivity contribution is 0.0792. The summed E-state index contributed by atoms with van der Waals surface area (Å²) in [5, 5.41) is 0.797. The molecule has 3 rings (SSSR count). The Morgan fingerprint density at radius 1 is 1.07 bits per heavy atom. The summed E-state index contributed by atoms with van der Waals surface area (Å²) in [5.74, 6) is 0.982. The first-order valence-corrected chi connectivity index (χ1v) is 11.1. The van der Waals surface area contributed by atoms with Crippen LogP contribution < -0.4 is 4.74 Å². The zero-order valence-corrected chi connectivity index (χ0v) is 19.0. The predicted octanol–water partition coefficient (Wildman–Crippen LogP) is 6.89. The van der Waals surface area contributed by atoms with Crippen molar-refractivity contribution in [2.75, 3.05) is 13.1 Å². The Morgan fingerprint density at radius 2 is 1.69 bits per heavy atom. The first-order chi connectivity index (χ1) is 13.8. The number of halogens is 1. The summed E-state index contributed by atoms with van der Waals surface area (Å²) in [4.78, 5) is 2.63. The van der Waals surface area contributed by atoms with Gasteiger partial charge in [0.25, 0.3) is 0 Å². The molecule has 1 fully saturated rings. The van der Waals surface area contributed by atoms with Crippen molar-refractivity contribution < 1.29 is 4.74 Å². The molecule has 29 heavy (non-hydrogen) atoms. The van der Waals surface area contributed by atoms with Crippen molar-refractivity contribution in [3.05, 3.63) is 76.8 Å². The molecule has 0 spiro atoms. The summed E-state index contributed by atoms with van der Waals surface area (Å²) in [6.07, 6.45) is 5.98. The fourth-order valence-corrected chi connectivity index (χ4v) is 4.36. The second-order valence-corrected chi connectivity index (χ2v) is 9.51. The van der Waals surface area contributed by atoms with Crippen molar-refractivity contribution in [2.45, 2.75) is 64.5 Å². The SMILES string of the molecule is CC(C)=CC(CC(C)(C)c1ccc(Cl)cc1)N1CCC(Oc2ccccc2)CC1. The summed E-state index contributed by atoms with van der Waals surface area (Å²) in [7, 11) is 0. The fourth-order valence-electron chi connectivity index (χ4n) is 4.24. The number of piperidine rings is 1. The fraction of sp³-hybridized carbons (Fsp3) is 0.462. The monoisotopic (exact) mass is 411 g/mol. The zero-order valence-electron chi connectivity index (χ0n) is 18.2. The van der Waals surface area contributed by atoms with Gasteiger partial charge in [0.05, 0.1) is 0 Å². The van der Waals surface area contributed by atoms with E-state index in [1.165, 1.54) is 11.1 Å². The van der Waals surface area contributed by atoms with Crippen LogP contribution in [0.25, 0.3) is 0 Å². The maximum absolute atomic E-state index is 6.19. The van der Waals surface area contributed by atoms with Crippen LogP contribution in [0.15, 0.2) is 66.2 Å². The van der Waals surface area contributed by atoms with E-state index in [-0.39, 0.29) is 5.41 Å². The van der Waals surface area contributed by atoms with Gasteiger partial charge in [-0.1, -0.05) is 67.4 Å². The average molecular weight is 412 g/mol. The van der Waals surface area contributed by atoms with Crippen LogP contribution in [0.4, 0.5) is 0 Å². The van der Waals surface area contributed by atoms with Crippen molar-refractivity contribution in [2.24, 2.45) is 0 Å². The maximum atomic E-state index is 6.19. The van der Waals surface area contributed by atoms with Gasteiger partial charge in [0.2, 0.25) is 0 Å². The molecule has 0 amide bonds. The van der Waals surface area contributed by atoms with E-state index in [1.807, 2.05) is 42.5 Å². The van der Waals surface area contributed by atoms with Crippen molar-refractivity contribution >= 4 is 11.6 Å². The Balaban J connectivity index is 1.65. The average Bonchev–Trinajstić information content (AvgIpc) is 2.69. The van der Waals surface area contributed by atoms with E-state index in [0.717, 1.165) is 43.1 Å².